The minimum absolute atomic E-state index is 0.318. The highest BCUT2D eigenvalue weighted by molar-refractivity contribution is 5.17. The van der Waals surface area contributed by atoms with Crippen molar-refractivity contribution in [1.29, 1.82) is 0 Å². The van der Waals surface area contributed by atoms with E-state index in [9.17, 15) is 0 Å². The largest absolute Gasteiger partial charge is 0.310 e. The van der Waals surface area contributed by atoms with Crippen molar-refractivity contribution in [3.05, 3.63) is 18.0 Å². The number of likely N-dealkylation sites (tertiary alicyclic amines) is 1. The summed E-state index contributed by atoms with van der Waals surface area (Å²) in [7, 11) is 2.12. The third-order valence-corrected chi connectivity index (χ3v) is 5.38. The monoisotopic (exact) mass is 276 g/mol. The predicted molar refractivity (Wildman–Crippen MR) is 81.7 cm³/mol. The second kappa shape index (κ2) is 5.86. The van der Waals surface area contributed by atoms with Gasteiger partial charge in [-0.1, -0.05) is 12.8 Å². The molecule has 1 saturated carbocycles. The molecule has 2 aliphatic rings. The standard InChI is InChI=1S/C16H28N4/c1-3-20-14(8-11-18-20)15(17-2)16(9-4-5-10-16)19-12-6-7-13-19/h8,11,15,17H,3-7,9-10,12-13H2,1-2H3. The Bertz CT molecular complexity index is 427. The number of nitrogens with zero attached hydrogens (tertiary/aromatic N) is 3. The van der Waals surface area contributed by atoms with E-state index in [1.54, 1.807) is 0 Å². The average molecular weight is 276 g/mol. The molecular weight excluding hydrogens is 248 g/mol. The lowest BCUT2D eigenvalue weighted by molar-refractivity contribution is 0.0760. The van der Waals surface area contributed by atoms with Crippen LogP contribution in [0.15, 0.2) is 12.3 Å². The Morgan fingerprint density at radius 1 is 1.25 bits per heavy atom. The zero-order chi connectivity index (χ0) is 14.0. The summed E-state index contributed by atoms with van der Waals surface area (Å²) in [5.41, 5.74) is 1.68. The number of likely N-dealkylation sites (N-methyl/N-ethyl adjacent to an activating group) is 1. The summed E-state index contributed by atoms with van der Waals surface area (Å²) in [6.45, 7) is 5.69. The normalized spacial score (nSPS) is 24.3. The van der Waals surface area contributed by atoms with E-state index in [1.165, 1.54) is 57.3 Å². The Morgan fingerprint density at radius 3 is 2.55 bits per heavy atom. The number of hydrogen-bond acceptors (Lipinski definition) is 3. The molecule has 1 aromatic heterocycles. The molecule has 1 N–H and O–H groups in total. The molecule has 0 spiro atoms. The van der Waals surface area contributed by atoms with Crippen LogP contribution in [0.5, 0.6) is 0 Å². The van der Waals surface area contributed by atoms with Gasteiger partial charge < -0.3 is 5.32 Å². The fraction of sp³-hybridized carbons (Fsp3) is 0.812. The molecule has 4 heteroatoms. The Hall–Kier alpha value is -0.870. The molecule has 1 aliphatic heterocycles. The molecule has 1 unspecified atom stereocenters. The number of rotatable bonds is 5. The van der Waals surface area contributed by atoms with Gasteiger partial charge in [0, 0.05) is 18.3 Å². The molecule has 112 valence electrons. The third kappa shape index (κ3) is 2.19. The average Bonchev–Trinajstić information content (AvgIpc) is 3.21. The van der Waals surface area contributed by atoms with Crippen molar-refractivity contribution in [3.63, 3.8) is 0 Å². The Balaban J connectivity index is 1.95. The fourth-order valence-corrected chi connectivity index (χ4v) is 4.48. The molecule has 0 amide bonds. The van der Waals surface area contributed by atoms with Crippen LogP contribution in [-0.4, -0.2) is 40.4 Å². The van der Waals surface area contributed by atoms with Crippen LogP contribution in [0.4, 0.5) is 0 Å². The van der Waals surface area contributed by atoms with Gasteiger partial charge >= 0.3 is 0 Å². The first-order valence-electron chi connectivity index (χ1n) is 8.26. The lowest BCUT2D eigenvalue weighted by Crippen LogP contribution is -2.54. The summed E-state index contributed by atoms with van der Waals surface area (Å²) in [5, 5.41) is 8.13. The predicted octanol–water partition coefficient (Wildman–Crippen LogP) is 2.57. The first-order valence-corrected chi connectivity index (χ1v) is 8.26. The van der Waals surface area contributed by atoms with E-state index in [0.717, 1.165) is 6.54 Å². The molecule has 1 atom stereocenters. The van der Waals surface area contributed by atoms with Crippen LogP contribution in [0.1, 0.15) is 57.2 Å². The molecule has 4 nitrogen and oxygen atoms in total. The van der Waals surface area contributed by atoms with Crippen molar-refractivity contribution in [1.82, 2.24) is 20.0 Å². The summed E-state index contributed by atoms with van der Waals surface area (Å²) in [6, 6.07) is 2.62. The van der Waals surface area contributed by atoms with E-state index in [1.807, 2.05) is 6.20 Å². The minimum Gasteiger partial charge on any atom is -0.310 e. The first kappa shape index (κ1) is 14.1. The lowest BCUT2D eigenvalue weighted by atomic mass is 9.84. The van der Waals surface area contributed by atoms with Gasteiger partial charge in [0.05, 0.1) is 11.7 Å². The molecule has 0 radical (unpaired) electrons. The zero-order valence-corrected chi connectivity index (χ0v) is 12.9. The van der Waals surface area contributed by atoms with Gasteiger partial charge in [0.25, 0.3) is 0 Å². The van der Waals surface area contributed by atoms with Crippen LogP contribution in [0.2, 0.25) is 0 Å². The molecule has 1 aliphatic carbocycles. The summed E-state index contributed by atoms with van der Waals surface area (Å²) in [4.78, 5) is 2.77. The number of aromatic nitrogens is 2. The number of nitrogens with one attached hydrogen (secondary N) is 1. The highest BCUT2D eigenvalue weighted by Gasteiger charge is 2.47. The van der Waals surface area contributed by atoms with E-state index >= 15 is 0 Å². The van der Waals surface area contributed by atoms with Gasteiger partial charge in [-0.15, -0.1) is 0 Å². The molecule has 0 bridgehead atoms. The maximum Gasteiger partial charge on any atom is 0.0676 e. The van der Waals surface area contributed by atoms with Crippen LogP contribution in [-0.2, 0) is 6.54 Å². The van der Waals surface area contributed by atoms with E-state index < -0.39 is 0 Å². The minimum atomic E-state index is 0.318. The van der Waals surface area contributed by atoms with Gasteiger partial charge in [0.2, 0.25) is 0 Å². The van der Waals surface area contributed by atoms with Crippen molar-refractivity contribution < 1.29 is 0 Å². The highest BCUT2D eigenvalue weighted by Crippen LogP contribution is 2.45. The van der Waals surface area contributed by atoms with Crippen molar-refractivity contribution in [2.24, 2.45) is 0 Å². The maximum atomic E-state index is 4.49. The Morgan fingerprint density at radius 2 is 1.95 bits per heavy atom. The Kier molecular flexibility index (Phi) is 4.13. The van der Waals surface area contributed by atoms with Gasteiger partial charge in [-0.3, -0.25) is 9.58 Å². The highest BCUT2D eigenvalue weighted by atomic mass is 15.3. The lowest BCUT2D eigenvalue weighted by Gasteiger charge is -2.45. The van der Waals surface area contributed by atoms with Crippen LogP contribution in [0, 0.1) is 0 Å². The molecule has 2 heterocycles. The molecule has 0 aromatic carbocycles. The van der Waals surface area contributed by atoms with Crippen LogP contribution in [0.3, 0.4) is 0 Å². The smallest absolute Gasteiger partial charge is 0.0676 e. The zero-order valence-electron chi connectivity index (χ0n) is 12.9. The van der Waals surface area contributed by atoms with E-state index in [0.29, 0.717) is 11.6 Å². The summed E-state index contributed by atoms with van der Waals surface area (Å²) in [6.07, 6.45) is 10.1. The van der Waals surface area contributed by atoms with Gasteiger partial charge in [-0.2, -0.15) is 5.10 Å². The van der Waals surface area contributed by atoms with E-state index in [-0.39, 0.29) is 0 Å². The second-order valence-corrected chi connectivity index (χ2v) is 6.30. The number of aryl methyl sites for hydroxylation is 1. The van der Waals surface area contributed by atoms with Crippen molar-refractivity contribution >= 4 is 0 Å². The van der Waals surface area contributed by atoms with Crippen LogP contribution >= 0.6 is 0 Å². The SMILES string of the molecule is CCn1nccc1C(NC)C1(N2CCCC2)CCCC1. The quantitative estimate of drug-likeness (QED) is 0.897. The molecular formula is C16H28N4. The van der Waals surface area contributed by atoms with Gasteiger partial charge in [0.1, 0.15) is 0 Å². The van der Waals surface area contributed by atoms with Gasteiger partial charge in [-0.25, -0.2) is 0 Å². The second-order valence-electron chi connectivity index (χ2n) is 6.30. The van der Waals surface area contributed by atoms with Gasteiger partial charge in [-0.05, 0) is 58.8 Å². The fourth-order valence-electron chi connectivity index (χ4n) is 4.48. The van der Waals surface area contributed by atoms with Crippen molar-refractivity contribution in [2.75, 3.05) is 20.1 Å². The van der Waals surface area contributed by atoms with Crippen molar-refractivity contribution in [3.8, 4) is 0 Å². The van der Waals surface area contributed by atoms with Crippen molar-refractivity contribution in [2.45, 2.75) is 63.6 Å². The van der Waals surface area contributed by atoms with Gasteiger partial charge in [0.15, 0.2) is 0 Å². The topological polar surface area (TPSA) is 33.1 Å². The molecule has 20 heavy (non-hydrogen) atoms. The maximum absolute atomic E-state index is 4.49. The summed E-state index contributed by atoms with van der Waals surface area (Å²) in [5.74, 6) is 0. The first-order chi connectivity index (χ1) is 9.81. The number of hydrogen-bond donors (Lipinski definition) is 1. The van der Waals surface area contributed by atoms with E-state index in [4.69, 9.17) is 0 Å². The molecule has 3 rings (SSSR count). The molecule has 1 saturated heterocycles. The van der Waals surface area contributed by atoms with E-state index in [2.05, 4.69) is 40.0 Å². The summed E-state index contributed by atoms with van der Waals surface area (Å²) >= 11 is 0. The summed E-state index contributed by atoms with van der Waals surface area (Å²) < 4.78 is 2.16. The Labute approximate surface area is 122 Å². The van der Waals surface area contributed by atoms with Crippen LogP contribution in [0.25, 0.3) is 0 Å². The third-order valence-electron chi connectivity index (χ3n) is 5.38. The molecule has 1 aromatic rings. The molecule has 2 fully saturated rings. The van der Waals surface area contributed by atoms with Crippen LogP contribution < -0.4 is 5.32 Å².